The molecule has 14 heavy (non-hydrogen) atoms. The van der Waals surface area contributed by atoms with E-state index in [9.17, 15) is 4.79 Å². The Morgan fingerprint density at radius 1 is 1.43 bits per heavy atom. The highest BCUT2D eigenvalue weighted by atomic mass is 16.2. The second-order valence-electron chi connectivity index (χ2n) is 4.35. The Morgan fingerprint density at radius 2 is 2.29 bits per heavy atom. The van der Waals surface area contributed by atoms with E-state index in [4.69, 9.17) is 0 Å². The Morgan fingerprint density at radius 3 is 2.93 bits per heavy atom. The summed E-state index contributed by atoms with van der Waals surface area (Å²) >= 11 is 0. The van der Waals surface area contributed by atoms with E-state index in [0.29, 0.717) is 24.4 Å². The number of nitrogens with zero attached hydrogens (tertiary/aromatic N) is 1. The van der Waals surface area contributed by atoms with Crippen molar-refractivity contribution in [1.82, 2.24) is 10.2 Å². The van der Waals surface area contributed by atoms with Gasteiger partial charge in [-0.05, 0) is 32.2 Å². The molecule has 80 valence electrons. The van der Waals surface area contributed by atoms with Gasteiger partial charge in [0, 0.05) is 25.0 Å². The molecule has 2 rings (SSSR count). The molecule has 0 aliphatic carbocycles. The summed E-state index contributed by atoms with van der Waals surface area (Å²) in [5.41, 5.74) is 0. The molecule has 1 amide bonds. The topological polar surface area (TPSA) is 32.3 Å². The fourth-order valence-electron chi connectivity index (χ4n) is 2.76. The first-order valence-electron chi connectivity index (χ1n) is 5.85. The molecule has 2 heterocycles. The molecule has 2 atom stereocenters. The highest BCUT2D eigenvalue weighted by Crippen LogP contribution is 2.25. The van der Waals surface area contributed by atoms with Crippen molar-refractivity contribution in [3.63, 3.8) is 0 Å². The van der Waals surface area contributed by atoms with Crippen LogP contribution in [0.1, 0.15) is 39.0 Å². The maximum absolute atomic E-state index is 11.7. The van der Waals surface area contributed by atoms with Crippen LogP contribution in [0.3, 0.4) is 0 Å². The average molecular weight is 196 g/mol. The third-order valence-corrected chi connectivity index (χ3v) is 3.48. The number of hydrogen-bond donors (Lipinski definition) is 1. The summed E-state index contributed by atoms with van der Waals surface area (Å²) in [7, 11) is 0. The molecule has 0 aromatic carbocycles. The third-order valence-electron chi connectivity index (χ3n) is 3.48. The van der Waals surface area contributed by atoms with Gasteiger partial charge in [-0.2, -0.15) is 0 Å². The fourth-order valence-corrected chi connectivity index (χ4v) is 2.76. The van der Waals surface area contributed by atoms with E-state index in [1.54, 1.807) is 0 Å². The van der Waals surface area contributed by atoms with Crippen LogP contribution in [-0.4, -0.2) is 36.0 Å². The van der Waals surface area contributed by atoms with Gasteiger partial charge in [-0.25, -0.2) is 0 Å². The minimum Gasteiger partial charge on any atom is -0.338 e. The Hall–Kier alpha value is -0.570. The lowest BCUT2D eigenvalue weighted by atomic mass is 10.0. The van der Waals surface area contributed by atoms with Crippen LogP contribution in [0.25, 0.3) is 0 Å². The van der Waals surface area contributed by atoms with Gasteiger partial charge >= 0.3 is 0 Å². The van der Waals surface area contributed by atoms with Crippen molar-refractivity contribution < 1.29 is 4.79 Å². The lowest BCUT2D eigenvalue weighted by Crippen LogP contribution is -2.46. The number of rotatable bonds is 2. The first kappa shape index (κ1) is 9.97. The number of amides is 1. The smallest absolute Gasteiger partial charge is 0.222 e. The zero-order valence-electron chi connectivity index (χ0n) is 8.96. The van der Waals surface area contributed by atoms with Crippen molar-refractivity contribution in [1.29, 1.82) is 0 Å². The SMILES string of the molecule is CCC(=O)N1CCC[C@@H]1[C@H]1CCCN1. The molecule has 1 N–H and O–H groups in total. The summed E-state index contributed by atoms with van der Waals surface area (Å²) in [6.07, 6.45) is 5.56. The Labute approximate surface area is 85.8 Å². The molecule has 0 unspecified atom stereocenters. The second-order valence-corrected chi connectivity index (χ2v) is 4.35. The van der Waals surface area contributed by atoms with E-state index in [1.807, 2.05) is 6.92 Å². The van der Waals surface area contributed by atoms with Crippen LogP contribution < -0.4 is 5.32 Å². The lowest BCUT2D eigenvalue weighted by Gasteiger charge is -2.29. The van der Waals surface area contributed by atoms with Crippen LogP contribution in [0.15, 0.2) is 0 Å². The third kappa shape index (κ3) is 1.78. The first-order valence-corrected chi connectivity index (χ1v) is 5.85. The van der Waals surface area contributed by atoms with E-state index < -0.39 is 0 Å². The summed E-state index contributed by atoms with van der Waals surface area (Å²) in [6.45, 7) is 4.07. The van der Waals surface area contributed by atoms with Crippen molar-refractivity contribution in [3.05, 3.63) is 0 Å². The molecule has 0 saturated carbocycles. The molecule has 0 radical (unpaired) electrons. The van der Waals surface area contributed by atoms with E-state index in [0.717, 1.165) is 13.1 Å². The molecular weight excluding hydrogens is 176 g/mol. The second kappa shape index (κ2) is 4.30. The number of nitrogens with one attached hydrogen (secondary N) is 1. The van der Waals surface area contributed by atoms with Gasteiger partial charge in [-0.1, -0.05) is 6.92 Å². The van der Waals surface area contributed by atoms with E-state index >= 15 is 0 Å². The zero-order chi connectivity index (χ0) is 9.97. The van der Waals surface area contributed by atoms with E-state index in [1.165, 1.54) is 25.7 Å². The average Bonchev–Trinajstić information content (AvgIpc) is 2.85. The Kier molecular flexibility index (Phi) is 3.06. The summed E-state index contributed by atoms with van der Waals surface area (Å²) in [5.74, 6) is 0.334. The van der Waals surface area contributed by atoms with Gasteiger partial charge < -0.3 is 10.2 Å². The van der Waals surface area contributed by atoms with Gasteiger partial charge in [-0.3, -0.25) is 4.79 Å². The normalized spacial score (nSPS) is 32.5. The quantitative estimate of drug-likeness (QED) is 0.718. The highest BCUT2D eigenvalue weighted by Gasteiger charge is 2.34. The van der Waals surface area contributed by atoms with Crippen molar-refractivity contribution in [2.24, 2.45) is 0 Å². The number of likely N-dealkylation sites (tertiary alicyclic amines) is 1. The fraction of sp³-hybridized carbons (Fsp3) is 0.909. The lowest BCUT2D eigenvalue weighted by molar-refractivity contribution is -0.132. The molecule has 2 aliphatic heterocycles. The predicted octanol–water partition coefficient (Wildman–Crippen LogP) is 1.14. The molecule has 2 fully saturated rings. The van der Waals surface area contributed by atoms with Crippen LogP contribution in [0.2, 0.25) is 0 Å². The maximum Gasteiger partial charge on any atom is 0.222 e. The largest absolute Gasteiger partial charge is 0.338 e. The van der Waals surface area contributed by atoms with Crippen molar-refractivity contribution in [2.45, 2.75) is 51.1 Å². The predicted molar refractivity (Wildman–Crippen MR) is 56.1 cm³/mol. The molecule has 3 heteroatoms. The Balaban J connectivity index is 1.98. The van der Waals surface area contributed by atoms with Crippen molar-refractivity contribution in [2.75, 3.05) is 13.1 Å². The molecule has 0 aromatic rings. The molecule has 3 nitrogen and oxygen atoms in total. The van der Waals surface area contributed by atoms with Crippen LogP contribution in [0.4, 0.5) is 0 Å². The minimum atomic E-state index is 0.334. The Bertz CT molecular complexity index is 211. The standard InChI is InChI=1S/C11H20N2O/c1-2-11(14)13-8-4-6-10(13)9-5-3-7-12-9/h9-10,12H,2-8H2,1H3/t9-,10-/m1/s1. The molecule has 0 spiro atoms. The summed E-state index contributed by atoms with van der Waals surface area (Å²) < 4.78 is 0. The van der Waals surface area contributed by atoms with Crippen LogP contribution in [0.5, 0.6) is 0 Å². The van der Waals surface area contributed by atoms with Gasteiger partial charge in [0.15, 0.2) is 0 Å². The van der Waals surface area contributed by atoms with Gasteiger partial charge in [0.05, 0.1) is 0 Å². The number of carbonyl (C=O) groups excluding carboxylic acids is 1. The number of hydrogen-bond acceptors (Lipinski definition) is 2. The van der Waals surface area contributed by atoms with Gasteiger partial charge in [0.25, 0.3) is 0 Å². The van der Waals surface area contributed by atoms with Gasteiger partial charge in [-0.15, -0.1) is 0 Å². The molecule has 2 saturated heterocycles. The monoisotopic (exact) mass is 196 g/mol. The molecule has 0 aromatic heterocycles. The van der Waals surface area contributed by atoms with Crippen LogP contribution in [0, 0.1) is 0 Å². The van der Waals surface area contributed by atoms with Gasteiger partial charge in [0.1, 0.15) is 0 Å². The molecule has 0 bridgehead atoms. The van der Waals surface area contributed by atoms with Crippen LogP contribution >= 0.6 is 0 Å². The van der Waals surface area contributed by atoms with E-state index in [2.05, 4.69) is 10.2 Å². The van der Waals surface area contributed by atoms with Crippen molar-refractivity contribution >= 4 is 5.91 Å². The number of carbonyl (C=O) groups is 1. The van der Waals surface area contributed by atoms with E-state index in [-0.39, 0.29) is 0 Å². The maximum atomic E-state index is 11.7. The summed E-state index contributed by atoms with van der Waals surface area (Å²) in [5, 5.41) is 3.51. The zero-order valence-corrected chi connectivity index (χ0v) is 8.96. The van der Waals surface area contributed by atoms with Gasteiger partial charge in [0.2, 0.25) is 5.91 Å². The summed E-state index contributed by atoms with van der Waals surface area (Å²) in [6, 6.07) is 1.07. The van der Waals surface area contributed by atoms with Crippen molar-refractivity contribution in [3.8, 4) is 0 Å². The first-order chi connectivity index (χ1) is 6.83. The highest BCUT2D eigenvalue weighted by molar-refractivity contribution is 5.76. The molecule has 2 aliphatic rings. The summed E-state index contributed by atoms with van der Waals surface area (Å²) in [4.78, 5) is 13.8. The minimum absolute atomic E-state index is 0.334. The van der Waals surface area contributed by atoms with Crippen LogP contribution in [-0.2, 0) is 4.79 Å². The molecular formula is C11H20N2O.